The van der Waals surface area contributed by atoms with Crippen LogP contribution in [-0.2, 0) is 11.2 Å². The fourth-order valence-electron chi connectivity index (χ4n) is 2.01. The Morgan fingerprint density at radius 3 is 2.38 bits per heavy atom. The maximum Gasteiger partial charge on any atom is 0.201 e. The van der Waals surface area contributed by atoms with Gasteiger partial charge < -0.3 is 9.53 Å². The number of hydrogen-bond acceptors (Lipinski definition) is 2. The normalized spacial score (nSPS) is 10.5. The summed E-state index contributed by atoms with van der Waals surface area (Å²) in [6.45, 7) is 1.85. The minimum absolute atomic E-state index is 0.0657. The van der Waals surface area contributed by atoms with Crippen LogP contribution in [0.3, 0.4) is 0 Å². The van der Waals surface area contributed by atoms with E-state index in [1.54, 1.807) is 6.92 Å². The van der Waals surface area contributed by atoms with Crippen molar-refractivity contribution in [2.24, 2.45) is 0 Å². The lowest BCUT2D eigenvalue weighted by Crippen LogP contribution is -1.99. The molecule has 0 aliphatic heterocycles. The second kappa shape index (κ2) is 6.43. The van der Waals surface area contributed by atoms with Crippen molar-refractivity contribution in [1.29, 1.82) is 0 Å². The quantitative estimate of drug-likeness (QED) is 0.781. The molecule has 0 aromatic heterocycles. The largest absolute Gasteiger partial charge is 0.491 e. The predicted molar refractivity (Wildman–Crippen MR) is 72.7 cm³/mol. The van der Waals surface area contributed by atoms with Gasteiger partial charge in [0.2, 0.25) is 5.82 Å². The van der Waals surface area contributed by atoms with E-state index in [1.165, 1.54) is 24.3 Å². The van der Waals surface area contributed by atoms with Crippen LogP contribution in [0.25, 0.3) is 11.1 Å². The number of benzene rings is 2. The van der Waals surface area contributed by atoms with Gasteiger partial charge in [0, 0.05) is 17.5 Å². The van der Waals surface area contributed by atoms with E-state index in [2.05, 4.69) is 0 Å². The van der Waals surface area contributed by atoms with Crippen molar-refractivity contribution in [3.63, 3.8) is 0 Å². The maximum absolute atomic E-state index is 14.0. The van der Waals surface area contributed by atoms with Gasteiger partial charge in [0.05, 0.1) is 6.61 Å². The number of carbonyl (C=O) groups excluding carboxylic acids is 1. The highest BCUT2D eigenvalue weighted by Gasteiger charge is 2.18. The molecule has 2 aromatic rings. The van der Waals surface area contributed by atoms with Crippen LogP contribution in [0.15, 0.2) is 30.3 Å². The van der Waals surface area contributed by atoms with Crippen LogP contribution in [0.1, 0.15) is 12.5 Å². The molecule has 0 bridgehead atoms. The number of carbonyl (C=O) groups is 1. The summed E-state index contributed by atoms with van der Waals surface area (Å²) in [6, 6.07) is 6.49. The predicted octanol–water partition coefficient (Wildman–Crippen LogP) is 3.91. The van der Waals surface area contributed by atoms with E-state index in [9.17, 15) is 18.0 Å². The van der Waals surface area contributed by atoms with Crippen molar-refractivity contribution in [3.05, 3.63) is 53.3 Å². The molecule has 0 spiro atoms. The molecular weight excluding hydrogens is 281 g/mol. The van der Waals surface area contributed by atoms with Crippen LogP contribution in [0.4, 0.5) is 13.2 Å². The zero-order valence-electron chi connectivity index (χ0n) is 11.3. The van der Waals surface area contributed by atoms with Gasteiger partial charge >= 0.3 is 0 Å². The van der Waals surface area contributed by atoms with Crippen molar-refractivity contribution in [3.8, 4) is 16.9 Å². The summed E-state index contributed by atoms with van der Waals surface area (Å²) in [5.74, 6) is -3.23. The van der Waals surface area contributed by atoms with Gasteiger partial charge in [-0.05, 0) is 30.7 Å². The molecule has 0 saturated carbocycles. The molecule has 110 valence electrons. The van der Waals surface area contributed by atoms with Crippen molar-refractivity contribution < 1.29 is 22.7 Å². The Morgan fingerprint density at radius 2 is 1.76 bits per heavy atom. The Bertz CT molecular complexity index is 669. The van der Waals surface area contributed by atoms with Gasteiger partial charge in [0.25, 0.3) is 0 Å². The Labute approximate surface area is 120 Å². The summed E-state index contributed by atoms with van der Waals surface area (Å²) in [5.41, 5.74) is 0.216. The van der Waals surface area contributed by atoms with E-state index >= 15 is 0 Å². The third-order valence-electron chi connectivity index (χ3n) is 2.99. The lowest BCUT2D eigenvalue weighted by molar-refractivity contribution is -0.107. The monoisotopic (exact) mass is 294 g/mol. The van der Waals surface area contributed by atoms with E-state index in [-0.39, 0.29) is 29.9 Å². The molecule has 0 atom stereocenters. The number of rotatable bonds is 5. The number of halogens is 3. The minimum atomic E-state index is -1.16. The van der Waals surface area contributed by atoms with Crippen molar-refractivity contribution in [1.82, 2.24) is 0 Å². The fourth-order valence-corrected chi connectivity index (χ4v) is 2.01. The van der Waals surface area contributed by atoms with Crippen LogP contribution in [0, 0.1) is 17.5 Å². The average Bonchev–Trinajstić information content (AvgIpc) is 2.46. The molecule has 0 aliphatic rings. The van der Waals surface area contributed by atoms with Crippen molar-refractivity contribution >= 4 is 6.29 Å². The summed E-state index contributed by atoms with van der Waals surface area (Å²) in [5, 5.41) is 0. The van der Waals surface area contributed by atoms with E-state index in [1.807, 2.05) is 0 Å². The zero-order valence-corrected chi connectivity index (χ0v) is 11.3. The minimum Gasteiger partial charge on any atom is -0.491 e. The van der Waals surface area contributed by atoms with Gasteiger partial charge in [-0.1, -0.05) is 12.1 Å². The molecule has 0 unspecified atom stereocenters. The van der Waals surface area contributed by atoms with Gasteiger partial charge in [0.1, 0.15) is 12.1 Å². The summed E-state index contributed by atoms with van der Waals surface area (Å²) < 4.78 is 46.7. The van der Waals surface area contributed by atoms with Crippen LogP contribution in [0.5, 0.6) is 5.75 Å². The molecule has 0 heterocycles. The molecule has 0 fully saturated rings. The van der Waals surface area contributed by atoms with E-state index < -0.39 is 17.5 Å². The first kappa shape index (κ1) is 15.1. The average molecular weight is 294 g/mol. The molecular formula is C16H13F3O2. The van der Waals surface area contributed by atoms with Crippen LogP contribution in [0.2, 0.25) is 0 Å². The fraction of sp³-hybridized carbons (Fsp3) is 0.188. The van der Waals surface area contributed by atoms with E-state index in [0.29, 0.717) is 11.8 Å². The standard InChI is InChI=1S/C16H13F3O2/c1-2-21-14-6-5-12(15(18)16(14)19)11-4-3-10(7-8-20)9-13(11)17/h3-6,8-9H,2,7H2,1H3. The number of ether oxygens (including phenoxy) is 1. The first-order chi connectivity index (χ1) is 10.1. The highest BCUT2D eigenvalue weighted by atomic mass is 19.2. The molecule has 5 heteroatoms. The molecule has 0 aliphatic carbocycles. The first-order valence-electron chi connectivity index (χ1n) is 6.41. The molecule has 2 aromatic carbocycles. The van der Waals surface area contributed by atoms with Gasteiger partial charge in [-0.15, -0.1) is 0 Å². The van der Waals surface area contributed by atoms with Crippen molar-refractivity contribution in [2.45, 2.75) is 13.3 Å². The van der Waals surface area contributed by atoms with Crippen LogP contribution in [-0.4, -0.2) is 12.9 Å². The zero-order chi connectivity index (χ0) is 15.4. The SMILES string of the molecule is CCOc1ccc(-c2ccc(CC=O)cc2F)c(F)c1F. The molecule has 0 amide bonds. The van der Waals surface area contributed by atoms with Crippen LogP contribution < -0.4 is 4.74 Å². The number of hydrogen-bond donors (Lipinski definition) is 0. The Kier molecular flexibility index (Phi) is 4.62. The Hall–Kier alpha value is -2.30. The second-order valence-electron chi connectivity index (χ2n) is 4.36. The lowest BCUT2D eigenvalue weighted by atomic mass is 10.0. The van der Waals surface area contributed by atoms with E-state index in [4.69, 9.17) is 4.74 Å². The summed E-state index contributed by atoms with van der Waals surface area (Å²) >= 11 is 0. The van der Waals surface area contributed by atoms with Crippen LogP contribution >= 0.6 is 0 Å². The molecule has 2 nitrogen and oxygen atoms in total. The van der Waals surface area contributed by atoms with Gasteiger partial charge in [-0.25, -0.2) is 8.78 Å². The van der Waals surface area contributed by atoms with Crippen molar-refractivity contribution in [2.75, 3.05) is 6.61 Å². The highest BCUT2D eigenvalue weighted by molar-refractivity contribution is 5.67. The smallest absolute Gasteiger partial charge is 0.201 e. The lowest BCUT2D eigenvalue weighted by Gasteiger charge is -2.10. The maximum atomic E-state index is 14.0. The van der Waals surface area contributed by atoms with Gasteiger partial charge in [-0.2, -0.15) is 4.39 Å². The van der Waals surface area contributed by atoms with Gasteiger partial charge in [0.15, 0.2) is 11.6 Å². The second-order valence-corrected chi connectivity index (χ2v) is 4.36. The molecule has 0 saturated heterocycles. The molecule has 2 rings (SSSR count). The summed E-state index contributed by atoms with van der Waals surface area (Å²) in [6.07, 6.45) is 0.711. The Balaban J connectivity index is 2.47. The third kappa shape index (κ3) is 3.07. The summed E-state index contributed by atoms with van der Waals surface area (Å²) in [4.78, 5) is 10.4. The summed E-state index contributed by atoms with van der Waals surface area (Å²) in [7, 11) is 0. The molecule has 0 N–H and O–H groups in total. The molecule has 0 radical (unpaired) electrons. The number of aldehydes is 1. The first-order valence-corrected chi connectivity index (χ1v) is 6.41. The Morgan fingerprint density at radius 1 is 1.05 bits per heavy atom. The third-order valence-corrected chi connectivity index (χ3v) is 2.99. The van der Waals surface area contributed by atoms with Gasteiger partial charge in [-0.3, -0.25) is 0 Å². The highest BCUT2D eigenvalue weighted by Crippen LogP contribution is 2.31. The van der Waals surface area contributed by atoms with E-state index in [0.717, 1.165) is 6.07 Å². The topological polar surface area (TPSA) is 26.3 Å². The molecule has 21 heavy (non-hydrogen) atoms.